The van der Waals surface area contributed by atoms with Crippen LogP contribution in [-0.2, 0) is 9.84 Å². The zero-order valence-electron chi connectivity index (χ0n) is 15.6. The van der Waals surface area contributed by atoms with Gasteiger partial charge in [-0.2, -0.15) is 0 Å². The molecule has 1 heterocycles. The van der Waals surface area contributed by atoms with Crippen LogP contribution >= 0.6 is 24.0 Å². The van der Waals surface area contributed by atoms with Crippen molar-refractivity contribution >= 4 is 39.8 Å². The first kappa shape index (κ1) is 23.9. The Bertz CT molecular complexity index is 474. The van der Waals surface area contributed by atoms with Crippen molar-refractivity contribution < 1.29 is 8.42 Å². The molecule has 0 aromatic heterocycles. The van der Waals surface area contributed by atoms with Crippen molar-refractivity contribution in [1.29, 1.82) is 0 Å². The molecule has 1 rings (SSSR count). The average molecular weight is 474 g/mol. The molecule has 0 aromatic rings. The number of aliphatic imine (C=N–C) groups is 1. The molecular weight excluding hydrogens is 439 g/mol. The zero-order valence-corrected chi connectivity index (χ0v) is 18.7. The minimum absolute atomic E-state index is 0. The van der Waals surface area contributed by atoms with Gasteiger partial charge in [0.15, 0.2) is 5.96 Å². The van der Waals surface area contributed by atoms with E-state index in [1.54, 1.807) is 7.05 Å². The van der Waals surface area contributed by atoms with Crippen molar-refractivity contribution in [3.05, 3.63) is 0 Å². The molecule has 24 heavy (non-hydrogen) atoms. The van der Waals surface area contributed by atoms with Gasteiger partial charge < -0.3 is 15.5 Å². The van der Waals surface area contributed by atoms with Gasteiger partial charge in [-0.3, -0.25) is 4.99 Å². The van der Waals surface area contributed by atoms with Crippen molar-refractivity contribution in [3.63, 3.8) is 0 Å². The third kappa shape index (κ3) is 11.5. The molecule has 1 aliphatic heterocycles. The minimum atomic E-state index is -2.91. The number of guanidine groups is 1. The molecule has 1 fully saturated rings. The first-order valence-corrected chi connectivity index (χ1v) is 10.6. The Morgan fingerprint density at radius 2 is 1.79 bits per heavy atom. The van der Waals surface area contributed by atoms with Crippen LogP contribution in [0.3, 0.4) is 0 Å². The fraction of sp³-hybridized carbons (Fsp3) is 0.938. The average Bonchev–Trinajstić information content (AvgIpc) is 2.49. The van der Waals surface area contributed by atoms with Gasteiger partial charge in [0, 0.05) is 32.9 Å². The molecule has 8 heteroatoms. The van der Waals surface area contributed by atoms with Gasteiger partial charge in [-0.05, 0) is 37.8 Å². The highest BCUT2D eigenvalue weighted by atomic mass is 127. The number of rotatable bonds is 8. The molecule has 0 atom stereocenters. The van der Waals surface area contributed by atoms with Crippen LogP contribution in [0.25, 0.3) is 0 Å². The maximum atomic E-state index is 11.3. The molecule has 1 aliphatic rings. The van der Waals surface area contributed by atoms with Gasteiger partial charge in [0.1, 0.15) is 9.84 Å². The summed E-state index contributed by atoms with van der Waals surface area (Å²) < 4.78 is 22.6. The SMILES string of the molecule is CN=C(NCCN1CCCCC1)NCC(C)(C)CCS(C)(=O)=O.I. The molecule has 144 valence electrons. The summed E-state index contributed by atoms with van der Waals surface area (Å²) in [6.07, 6.45) is 5.90. The van der Waals surface area contributed by atoms with Gasteiger partial charge in [-0.15, -0.1) is 24.0 Å². The van der Waals surface area contributed by atoms with Crippen molar-refractivity contribution in [2.75, 3.05) is 51.8 Å². The van der Waals surface area contributed by atoms with E-state index in [1.807, 2.05) is 0 Å². The molecule has 0 bridgehead atoms. The molecule has 6 nitrogen and oxygen atoms in total. The second kappa shape index (κ2) is 11.5. The lowest BCUT2D eigenvalue weighted by atomic mass is 9.90. The predicted octanol–water partition coefficient (Wildman–Crippen LogP) is 1.72. The van der Waals surface area contributed by atoms with E-state index in [-0.39, 0.29) is 35.1 Å². The van der Waals surface area contributed by atoms with Crippen LogP contribution in [0.15, 0.2) is 4.99 Å². The summed E-state index contributed by atoms with van der Waals surface area (Å²) in [7, 11) is -1.14. The smallest absolute Gasteiger partial charge is 0.191 e. The summed E-state index contributed by atoms with van der Waals surface area (Å²) in [5.74, 6) is 1.01. The second-order valence-electron chi connectivity index (χ2n) is 7.30. The topological polar surface area (TPSA) is 73.8 Å². The normalized spacial score (nSPS) is 17.2. The lowest BCUT2D eigenvalue weighted by molar-refractivity contribution is 0.232. The Kier molecular flexibility index (Phi) is 11.5. The van der Waals surface area contributed by atoms with E-state index in [4.69, 9.17) is 0 Å². The maximum Gasteiger partial charge on any atom is 0.191 e. The lowest BCUT2D eigenvalue weighted by Gasteiger charge is -2.28. The summed E-state index contributed by atoms with van der Waals surface area (Å²) in [6, 6.07) is 0. The van der Waals surface area contributed by atoms with Crippen LogP contribution in [-0.4, -0.2) is 71.1 Å². The Balaban J connectivity index is 0.00000529. The van der Waals surface area contributed by atoms with Crippen LogP contribution in [0.5, 0.6) is 0 Å². The number of sulfone groups is 1. The maximum absolute atomic E-state index is 11.3. The number of halogens is 1. The Morgan fingerprint density at radius 3 is 2.33 bits per heavy atom. The van der Waals surface area contributed by atoms with Gasteiger partial charge in [-0.1, -0.05) is 20.3 Å². The second-order valence-corrected chi connectivity index (χ2v) is 9.56. The van der Waals surface area contributed by atoms with E-state index in [1.165, 1.54) is 38.6 Å². The van der Waals surface area contributed by atoms with Gasteiger partial charge in [0.05, 0.1) is 5.75 Å². The van der Waals surface area contributed by atoms with Gasteiger partial charge in [-0.25, -0.2) is 8.42 Å². The summed E-state index contributed by atoms with van der Waals surface area (Å²) in [5, 5.41) is 6.65. The summed E-state index contributed by atoms with van der Waals surface area (Å²) in [5.41, 5.74) is -0.0897. The van der Waals surface area contributed by atoms with Crippen molar-refractivity contribution in [2.24, 2.45) is 10.4 Å². The fourth-order valence-corrected chi connectivity index (χ4v) is 3.53. The molecule has 0 saturated carbocycles. The van der Waals surface area contributed by atoms with Gasteiger partial charge in [0.2, 0.25) is 0 Å². The zero-order chi connectivity index (χ0) is 17.3. The Morgan fingerprint density at radius 1 is 1.17 bits per heavy atom. The van der Waals surface area contributed by atoms with Crippen LogP contribution in [0.4, 0.5) is 0 Å². The van der Waals surface area contributed by atoms with E-state index in [9.17, 15) is 8.42 Å². The van der Waals surface area contributed by atoms with E-state index in [2.05, 4.69) is 34.4 Å². The lowest BCUT2D eigenvalue weighted by Crippen LogP contribution is -2.45. The number of likely N-dealkylation sites (tertiary alicyclic amines) is 1. The number of piperidine rings is 1. The fourth-order valence-electron chi connectivity index (χ4n) is 2.61. The third-order valence-electron chi connectivity index (χ3n) is 4.28. The monoisotopic (exact) mass is 474 g/mol. The summed E-state index contributed by atoms with van der Waals surface area (Å²) in [4.78, 5) is 6.73. The Labute approximate surface area is 165 Å². The number of hydrogen-bond acceptors (Lipinski definition) is 4. The quantitative estimate of drug-likeness (QED) is 0.319. The van der Waals surface area contributed by atoms with E-state index in [0.29, 0.717) is 13.0 Å². The molecule has 0 radical (unpaired) electrons. The molecule has 0 aromatic carbocycles. The standard InChI is InChI=1S/C16H34N4O2S.HI/c1-16(2,8-13-23(4,21)22)14-19-15(17-3)18-9-12-20-10-6-5-7-11-20;/h5-14H2,1-4H3,(H2,17,18,19);1H. The van der Waals surface area contributed by atoms with Crippen LogP contribution in [0, 0.1) is 5.41 Å². The first-order chi connectivity index (χ1) is 10.7. The van der Waals surface area contributed by atoms with Crippen LogP contribution < -0.4 is 10.6 Å². The van der Waals surface area contributed by atoms with E-state index < -0.39 is 9.84 Å². The summed E-state index contributed by atoms with van der Waals surface area (Å²) >= 11 is 0. The van der Waals surface area contributed by atoms with E-state index in [0.717, 1.165) is 19.0 Å². The molecule has 0 unspecified atom stereocenters. The molecule has 1 saturated heterocycles. The summed E-state index contributed by atoms with van der Waals surface area (Å²) in [6.45, 7) is 9.17. The van der Waals surface area contributed by atoms with Crippen molar-refractivity contribution in [3.8, 4) is 0 Å². The Hall–Kier alpha value is -0.0900. The molecule has 0 spiro atoms. The minimum Gasteiger partial charge on any atom is -0.356 e. The van der Waals surface area contributed by atoms with Crippen LogP contribution in [0.1, 0.15) is 39.5 Å². The van der Waals surface area contributed by atoms with Crippen LogP contribution in [0.2, 0.25) is 0 Å². The van der Waals surface area contributed by atoms with Crippen molar-refractivity contribution in [1.82, 2.24) is 15.5 Å². The highest BCUT2D eigenvalue weighted by Gasteiger charge is 2.20. The van der Waals surface area contributed by atoms with Crippen molar-refractivity contribution in [2.45, 2.75) is 39.5 Å². The highest BCUT2D eigenvalue weighted by Crippen LogP contribution is 2.19. The number of nitrogens with zero attached hydrogens (tertiary/aromatic N) is 2. The predicted molar refractivity (Wildman–Crippen MR) is 113 cm³/mol. The molecular formula is C16H35IN4O2S. The molecule has 0 aliphatic carbocycles. The van der Waals surface area contributed by atoms with Gasteiger partial charge >= 0.3 is 0 Å². The largest absolute Gasteiger partial charge is 0.356 e. The van der Waals surface area contributed by atoms with E-state index >= 15 is 0 Å². The molecule has 2 N–H and O–H groups in total. The molecule has 0 amide bonds. The highest BCUT2D eigenvalue weighted by molar-refractivity contribution is 14.0. The first-order valence-electron chi connectivity index (χ1n) is 8.56. The third-order valence-corrected chi connectivity index (χ3v) is 5.22. The van der Waals surface area contributed by atoms with Gasteiger partial charge in [0.25, 0.3) is 0 Å². The number of hydrogen-bond donors (Lipinski definition) is 2. The number of nitrogens with one attached hydrogen (secondary N) is 2.